The van der Waals surface area contributed by atoms with Crippen molar-refractivity contribution in [2.45, 2.75) is 38.1 Å². The fourth-order valence-corrected chi connectivity index (χ4v) is 6.02. The molecule has 1 aliphatic rings. The zero-order valence-electron chi connectivity index (χ0n) is 17.7. The van der Waals surface area contributed by atoms with Crippen LogP contribution in [0.4, 0.5) is 0 Å². The molecule has 0 fully saturated rings. The number of nitrogens with zero attached hydrogens (tertiary/aromatic N) is 2. The molecule has 31 heavy (non-hydrogen) atoms. The van der Waals surface area contributed by atoms with Gasteiger partial charge in [-0.15, -0.1) is 11.3 Å². The summed E-state index contributed by atoms with van der Waals surface area (Å²) in [6, 6.07) is 6.65. The predicted octanol–water partition coefficient (Wildman–Crippen LogP) is 3.69. The third-order valence-electron chi connectivity index (χ3n) is 5.24. The molecular weight excluding hydrogens is 432 g/mol. The number of amides is 2. The van der Waals surface area contributed by atoms with Crippen LogP contribution in [0.25, 0.3) is 10.2 Å². The maximum Gasteiger partial charge on any atom is 0.269 e. The highest BCUT2D eigenvalue weighted by molar-refractivity contribution is 8.00. The number of ether oxygens (including phenoxy) is 1. The van der Waals surface area contributed by atoms with Crippen LogP contribution in [-0.2, 0) is 17.6 Å². The van der Waals surface area contributed by atoms with Crippen LogP contribution in [0.1, 0.15) is 40.0 Å². The first kappa shape index (κ1) is 21.6. The number of hydrogen-bond acceptors (Lipinski definition) is 7. The minimum atomic E-state index is -0.387. The molecule has 0 spiro atoms. The summed E-state index contributed by atoms with van der Waals surface area (Å²) in [5, 5.41) is 1.93. The number of fused-ring (bicyclic) bond motifs is 3. The second kappa shape index (κ2) is 9.23. The molecule has 1 atom stereocenters. The Morgan fingerprint density at radius 2 is 2.00 bits per heavy atom. The minimum Gasteiger partial charge on any atom is -0.497 e. The number of thioether (sulfide) groups is 1. The standard InChI is InChI=1S/C22H24N4O3S2/c1-12-4-9-16-17(10-12)31-22-19(16)21(23-13(2)24-22)30-11-18(27)25-26-20(28)14-5-7-15(29-3)8-6-14/h5-8,12H,4,9-11H2,1-3H3,(H,25,27)(H,26,28)/t12-/m1/s1. The molecule has 1 aliphatic carbocycles. The SMILES string of the molecule is COc1ccc(C(=O)NNC(=O)CSc2nc(C)nc3sc4c(c23)CC[C@@H](C)C4)cc1. The molecule has 162 valence electrons. The first-order chi connectivity index (χ1) is 14.9. The Balaban J connectivity index is 1.40. The van der Waals surface area contributed by atoms with Crippen molar-refractivity contribution in [3.63, 3.8) is 0 Å². The molecule has 2 N–H and O–H groups in total. The molecule has 0 bridgehead atoms. The van der Waals surface area contributed by atoms with Crippen molar-refractivity contribution in [2.75, 3.05) is 12.9 Å². The molecule has 2 amide bonds. The Morgan fingerprint density at radius 3 is 2.74 bits per heavy atom. The van der Waals surface area contributed by atoms with E-state index in [4.69, 9.17) is 4.74 Å². The van der Waals surface area contributed by atoms with E-state index in [0.29, 0.717) is 23.1 Å². The molecule has 0 saturated heterocycles. The first-order valence-electron chi connectivity index (χ1n) is 10.1. The van der Waals surface area contributed by atoms with Crippen molar-refractivity contribution < 1.29 is 14.3 Å². The van der Waals surface area contributed by atoms with E-state index in [-0.39, 0.29) is 17.6 Å². The lowest BCUT2D eigenvalue weighted by molar-refractivity contribution is -0.119. The lowest BCUT2D eigenvalue weighted by atomic mass is 9.89. The van der Waals surface area contributed by atoms with Crippen LogP contribution in [0.5, 0.6) is 5.75 Å². The van der Waals surface area contributed by atoms with E-state index < -0.39 is 0 Å². The quantitative estimate of drug-likeness (QED) is 0.346. The number of aromatic nitrogens is 2. The number of thiophene rings is 1. The zero-order chi connectivity index (χ0) is 22.0. The van der Waals surface area contributed by atoms with Gasteiger partial charge in [-0.1, -0.05) is 18.7 Å². The Labute approximate surface area is 189 Å². The maximum absolute atomic E-state index is 12.3. The van der Waals surface area contributed by atoms with Crippen LogP contribution in [0, 0.1) is 12.8 Å². The molecule has 0 saturated carbocycles. The van der Waals surface area contributed by atoms with Gasteiger partial charge in [-0.3, -0.25) is 20.4 Å². The molecule has 9 heteroatoms. The van der Waals surface area contributed by atoms with Crippen molar-refractivity contribution in [2.24, 2.45) is 5.92 Å². The monoisotopic (exact) mass is 456 g/mol. The highest BCUT2D eigenvalue weighted by Gasteiger charge is 2.24. The number of rotatable bonds is 5. The summed E-state index contributed by atoms with van der Waals surface area (Å²) in [5.41, 5.74) is 6.69. The fourth-order valence-electron chi connectivity index (χ4n) is 3.63. The van der Waals surface area contributed by atoms with E-state index >= 15 is 0 Å². The second-order valence-electron chi connectivity index (χ2n) is 7.63. The topological polar surface area (TPSA) is 93.2 Å². The van der Waals surface area contributed by atoms with Gasteiger partial charge >= 0.3 is 0 Å². The minimum absolute atomic E-state index is 0.148. The third kappa shape index (κ3) is 4.83. The van der Waals surface area contributed by atoms with Crippen LogP contribution >= 0.6 is 23.1 Å². The molecule has 0 unspecified atom stereocenters. The van der Waals surface area contributed by atoms with Crippen molar-refractivity contribution >= 4 is 45.1 Å². The van der Waals surface area contributed by atoms with Gasteiger partial charge in [-0.05, 0) is 61.9 Å². The van der Waals surface area contributed by atoms with Crippen molar-refractivity contribution in [3.05, 3.63) is 46.1 Å². The van der Waals surface area contributed by atoms with E-state index in [1.165, 1.54) is 22.2 Å². The summed E-state index contributed by atoms with van der Waals surface area (Å²) in [7, 11) is 1.56. The van der Waals surface area contributed by atoms with Gasteiger partial charge in [0.25, 0.3) is 5.91 Å². The number of aryl methyl sites for hydroxylation is 2. The van der Waals surface area contributed by atoms with E-state index in [1.807, 2.05) is 6.92 Å². The Hall–Kier alpha value is -2.65. The van der Waals surface area contributed by atoms with E-state index in [9.17, 15) is 9.59 Å². The highest BCUT2D eigenvalue weighted by Crippen LogP contribution is 2.40. The number of methoxy groups -OCH3 is 1. The predicted molar refractivity (Wildman–Crippen MR) is 123 cm³/mol. The molecule has 3 aromatic rings. The van der Waals surface area contributed by atoms with Gasteiger partial charge in [-0.2, -0.15) is 0 Å². The largest absolute Gasteiger partial charge is 0.497 e. The summed E-state index contributed by atoms with van der Waals surface area (Å²) in [6.45, 7) is 4.16. The van der Waals surface area contributed by atoms with Gasteiger partial charge in [0.05, 0.1) is 12.9 Å². The summed E-state index contributed by atoms with van der Waals surface area (Å²) < 4.78 is 5.08. The highest BCUT2D eigenvalue weighted by atomic mass is 32.2. The third-order valence-corrected chi connectivity index (χ3v) is 7.36. The molecule has 2 aromatic heterocycles. The molecule has 4 rings (SSSR count). The van der Waals surface area contributed by atoms with Gasteiger partial charge in [0.15, 0.2) is 0 Å². The summed E-state index contributed by atoms with van der Waals surface area (Å²) >= 11 is 3.13. The number of benzene rings is 1. The first-order valence-corrected chi connectivity index (χ1v) is 11.9. The van der Waals surface area contributed by atoms with Crippen LogP contribution in [-0.4, -0.2) is 34.6 Å². The van der Waals surface area contributed by atoms with Gasteiger partial charge in [0, 0.05) is 15.8 Å². The van der Waals surface area contributed by atoms with Gasteiger partial charge in [0.1, 0.15) is 21.4 Å². The van der Waals surface area contributed by atoms with Crippen LogP contribution in [0.15, 0.2) is 29.3 Å². The van der Waals surface area contributed by atoms with Gasteiger partial charge < -0.3 is 4.74 Å². The van der Waals surface area contributed by atoms with E-state index in [2.05, 4.69) is 27.7 Å². The molecule has 7 nitrogen and oxygen atoms in total. The van der Waals surface area contributed by atoms with Crippen molar-refractivity contribution in [1.29, 1.82) is 0 Å². The van der Waals surface area contributed by atoms with Crippen molar-refractivity contribution in [1.82, 2.24) is 20.8 Å². The van der Waals surface area contributed by atoms with Crippen LogP contribution in [0.2, 0.25) is 0 Å². The molecule has 2 heterocycles. The average Bonchev–Trinajstić information content (AvgIpc) is 3.12. The van der Waals surface area contributed by atoms with Crippen molar-refractivity contribution in [3.8, 4) is 5.75 Å². The van der Waals surface area contributed by atoms with Gasteiger partial charge in [-0.25, -0.2) is 9.97 Å². The average molecular weight is 457 g/mol. The lowest BCUT2D eigenvalue weighted by Gasteiger charge is -2.18. The lowest BCUT2D eigenvalue weighted by Crippen LogP contribution is -2.42. The number of carbonyl (C=O) groups excluding carboxylic acids is 2. The molecular formula is C22H24N4O3S2. The second-order valence-corrected chi connectivity index (χ2v) is 9.68. The fraction of sp³-hybridized carbons (Fsp3) is 0.364. The summed E-state index contributed by atoms with van der Waals surface area (Å²) in [5.74, 6) is 1.51. The Morgan fingerprint density at radius 1 is 1.23 bits per heavy atom. The Kier molecular flexibility index (Phi) is 6.43. The van der Waals surface area contributed by atoms with E-state index in [0.717, 1.165) is 34.5 Å². The Bertz CT molecular complexity index is 1130. The maximum atomic E-state index is 12.3. The molecule has 1 aromatic carbocycles. The number of hydrazine groups is 1. The van der Waals surface area contributed by atoms with Crippen LogP contribution in [0.3, 0.4) is 0 Å². The number of carbonyl (C=O) groups is 2. The number of hydrogen-bond donors (Lipinski definition) is 2. The number of nitrogens with one attached hydrogen (secondary N) is 2. The van der Waals surface area contributed by atoms with E-state index in [1.54, 1.807) is 42.7 Å². The normalized spacial score (nSPS) is 15.4. The smallest absolute Gasteiger partial charge is 0.269 e. The summed E-state index contributed by atoms with van der Waals surface area (Å²) in [4.78, 5) is 36.2. The van der Waals surface area contributed by atoms with Gasteiger partial charge in [0.2, 0.25) is 5.91 Å². The summed E-state index contributed by atoms with van der Waals surface area (Å²) in [6.07, 6.45) is 3.27. The zero-order valence-corrected chi connectivity index (χ0v) is 19.3. The molecule has 0 aliphatic heterocycles. The molecule has 0 radical (unpaired) electrons. The van der Waals surface area contributed by atoms with Crippen LogP contribution < -0.4 is 15.6 Å².